The van der Waals surface area contributed by atoms with E-state index < -0.39 is 0 Å². The summed E-state index contributed by atoms with van der Waals surface area (Å²) in [5.41, 5.74) is 0.922. The highest BCUT2D eigenvalue weighted by Crippen LogP contribution is 2.30. The Morgan fingerprint density at radius 1 is 1.28 bits per heavy atom. The molecule has 0 spiro atoms. The molecule has 94 valence electrons. The molecule has 0 atom stereocenters. The number of hydrogen-bond donors (Lipinski definition) is 1. The molecule has 1 rings (SSSR count). The van der Waals surface area contributed by atoms with Gasteiger partial charge >= 0.3 is 0 Å². The summed E-state index contributed by atoms with van der Waals surface area (Å²) in [6.07, 6.45) is 1.44. The molecule has 1 heterocycles. The van der Waals surface area contributed by atoms with Gasteiger partial charge in [0.2, 0.25) is 0 Å². The first-order valence-corrected chi connectivity index (χ1v) is 5.67. The Bertz CT molecular complexity index is 466. The fourth-order valence-corrected chi connectivity index (χ4v) is 1.75. The molecule has 0 saturated carbocycles. The van der Waals surface area contributed by atoms with Crippen LogP contribution in [0, 0.1) is 22.7 Å². The molecule has 0 fully saturated rings. The number of nitrogens with zero attached hydrogens (tertiary/aromatic N) is 5. The van der Waals surface area contributed by atoms with E-state index in [1.54, 1.807) is 11.9 Å². The highest BCUT2D eigenvalue weighted by atomic mass is 15.2. The van der Waals surface area contributed by atoms with E-state index in [1.165, 1.54) is 6.33 Å². The van der Waals surface area contributed by atoms with Crippen molar-refractivity contribution in [3.63, 3.8) is 0 Å². The van der Waals surface area contributed by atoms with E-state index in [0.717, 1.165) is 11.4 Å². The van der Waals surface area contributed by atoms with Crippen molar-refractivity contribution in [1.82, 2.24) is 9.97 Å². The van der Waals surface area contributed by atoms with E-state index >= 15 is 0 Å². The van der Waals surface area contributed by atoms with Gasteiger partial charge in [-0.25, -0.2) is 9.97 Å². The monoisotopic (exact) mass is 244 g/mol. The quantitative estimate of drug-likeness (QED) is 0.789. The molecule has 1 aromatic heterocycles. The lowest BCUT2D eigenvalue weighted by Crippen LogP contribution is -2.27. The van der Waals surface area contributed by atoms with Gasteiger partial charge in [0, 0.05) is 12.6 Å². The average Bonchev–Trinajstić information content (AvgIpc) is 2.37. The summed E-state index contributed by atoms with van der Waals surface area (Å²) in [5, 5.41) is 20.7. The molecular formula is C12H16N6. The van der Waals surface area contributed by atoms with Gasteiger partial charge < -0.3 is 10.2 Å². The van der Waals surface area contributed by atoms with Crippen LogP contribution >= 0.6 is 0 Å². The Kier molecular flexibility index (Phi) is 4.89. The maximum absolute atomic E-state index is 8.82. The zero-order chi connectivity index (χ0) is 13.5. The van der Waals surface area contributed by atoms with Crippen LogP contribution in [0.15, 0.2) is 6.33 Å². The van der Waals surface area contributed by atoms with Gasteiger partial charge in [0.1, 0.15) is 31.1 Å². The number of nitrogens with one attached hydrogen (secondary N) is 1. The minimum absolute atomic E-state index is 0.132. The van der Waals surface area contributed by atoms with Crippen LogP contribution in [0.1, 0.15) is 25.3 Å². The van der Waals surface area contributed by atoms with Gasteiger partial charge in [-0.2, -0.15) is 10.5 Å². The molecule has 0 aliphatic heterocycles. The van der Waals surface area contributed by atoms with Crippen molar-refractivity contribution in [1.29, 1.82) is 10.5 Å². The van der Waals surface area contributed by atoms with Crippen LogP contribution in [0.2, 0.25) is 0 Å². The topological polar surface area (TPSA) is 88.6 Å². The van der Waals surface area contributed by atoms with Gasteiger partial charge in [0.25, 0.3) is 0 Å². The standard InChI is InChI=1S/C12H16N6/c1-9(2)10-11(15-3)16-8-17-12(10)18(6-4-13)7-5-14/h8-9H,6-7H2,1-3H3,(H,15,16,17). The largest absolute Gasteiger partial charge is 0.373 e. The number of anilines is 2. The molecule has 0 aliphatic carbocycles. The van der Waals surface area contributed by atoms with Gasteiger partial charge in [-0.05, 0) is 5.92 Å². The van der Waals surface area contributed by atoms with Crippen molar-refractivity contribution in [3.8, 4) is 12.1 Å². The van der Waals surface area contributed by atoms with Crippen molar-refractivity contribution in [3.05, 3.63) is 11.9 Å². The van der Waals surface area contributed by atoms with Gasteiger partial charge in [0.15, 0.2) is 0 Å². The summed E-state index contributed by atoms with van der Waals surface area (Å²) in [4.78, 5) is 10.0. The summed E-state index contributed by atoms with van der Waals surface area (Å²) < 4.78 is 0. The lowest BCUT2D eigenvalue weighted by molar-refractivity contribution is 0.819. The lowest BCUT2D eigenvalue weighted by atomic mass is 10.0. The normalized spacial score (nSPS) is 9.67. The summed E-state index contributed by atoms with van der Waals surface area (Å²) >= 11 is 0. The highest BCUT2D eigenvalue weighted by Gasteiger charge is 2.18. The predicted molar refractivity (Wildman–Crippen MR) is 69.1 cm³/mol. The molecule has 0 saturated heterocycles. The molecule has 0 radical (unpaired) electrons. The summed E-state index contributed by atoms with van der Waals surface area (Å²) in [7, 11) is 1.79. The minimum Gasteiger partial charge on any atom is -0.373 e. The molecule has 0 bridgehead atoms. The first-order chi connectivity index (χ1) is 8.65. The van der Waals surface area contributed by atoms with Crippen LogP contribution in [0.4, 0.5) is 11.6 Å². The third-order valence-corrected chi connectivity index (χ3v) is 2.50. The van der Waals surface area contributed by atoms with Crippen LogP contribution in [0.3, 0.4) is 0 Å². The van der Waals surface area contributed by atoms with Gasteiger partial charge in [-0.1, -0.05) is 13.8 Å². The third-order valence-electron chi connectivity index (χ3n) is 2.50. The van der Waals surface area contributed by atoms with Crippen molar-refractivity contribution in [2.45, 2.75) is 19.8 Å². The van der Waals surface area contributed by atoms with Crippen molar-refractivity contribution in [2.24, 2.45) is 0 Å². The summed E-state index contributed by atoms with van der Waals surface area (Å²) in [5.74, 6) is 1.58. The highest BCUT2D eigenvalue weighted by molar-refractivity contribution is 5.60. The Hall–Kier alpha value is -2.34. The summed E-state index contributed by atoms with van der Waals surface area (Å²) in [6.45, 7) is 4.32. The fraction of sp³-hybridized carbons (Fsp3) is 0.500. The second-order valence-electron chi connectivity index (χ2n) is 4.04. The molecule has 1 aromatic rings. The second kappa shape index (κ2) is 6.41. The maximum atomic E-state index is 8.82. The third kappa shape index (κ3) is 2.86. The van der Waals surface area contributed by atoms with Crippen LogP contribution in [-0.2, 0) is 0 Å². The first-order valence-electron chi connectivity index (χ1n) is 5.67. The summed E-state index contributed by atoms with van der Waals surface area (Å²) in [6, 6.07) is 4.10. The van der Waals surface area contributed by atoms with Crippen molar-refractivity contribution < 1.29 is 0 Å². The molecule has 0 aromatic carbocycles. The van der Waals surface area contributed by atoms with Gasteiger partial charge in [-0.15, -0.1) is 0 Å². The van der Waals surface area contributed by atoms with Crippen LogP contribution < -0.4 is 10.2 Å². The Balaban J connectivity index is 3.29. The Labute approximate surface area is 107 Å². The fourth-order valence-electron chi connectivity index (χ4n) is 1.75. The molecule has 0 aliphatic rings. The van der Waals surface area contributed by atoms with E-state index in [1.807, 2.05) is 26.0 Å². The van der Waals surface area contributed by atoms with Crippen LogP contribution in [-0.4, -0.2) is 30.1 Å². The van der Waals surface area contributed by atoms with Gasteiger partial charge in [0.05, 0.1) is 12.1 Å². The maximum Gasteiger partial charge on any atom is 0.139 e. The van der Waals surface area contributed by atoms with E-state index in [0.29, 0.717) is 5.82 Å². The SMILES string of the molecule is CNc1ncnc(N(CC#N)CC#N)c1C(C)C. The zero-order valence-electron chi connectivity index (χ0n) is 10.8. The molecule has 0 unspecified atom stereocenters. The number of nitriles is 2. The Morgan fingerprint density at radius 2 is 1.89 bits per heavy atom. The molecule has 18 heavy (non-hydrogen) atoms. The molecular weight excluding hydrogens is 228 g/mol. The average molecular weight is 244 g/mol. The van der Waals surface area contributed by atoms with Crippen molar-refractivity contribution in [2.75, 3.05) is 30.4 Å². The van der Waals surface area contributed by atoms with E-state index in [4.69, 9.17) is 10.5 Å². The predicted octanol–water partition coefficient (Wildman–Crippen LogP) is 1.50. The number of aromatic nitrogens is 2. The Morgan fingerprint density at radius 3 is 2.33 bits per heavy atom. The molecule has 0 amide bonds. The van der Waals surface area contributed by atoms with Crippen LogP contribution in [0.25, 0.3) is 0 Å². The molecule has 6 heteroatoms. The van der Waals surface area contributed by atoms with E-state index in [2.05, 4.69) is 15.3 Å². The first kappa shape index (κ1) is 13.7. The molecule has 6 nitrogen and oxygen atoms in total. The minimum atomic E-state index is 0.132. The second-order valence-corrected chi connectivity index (χ2v) is 4.04. The smallest absolute Gasteiger partial charge is 0.139 e. The van der Waals surface area contributed by atoms with Gasteiger partial charge in [-0.3, -0.25) is 0 Å². The van der Waals surface area contributed by atoms with E-state index in [-0.39, 0.29) is 19.0 Å². The zero-order valence-corrected chi connectivity index (χ0v) is 10.8. The lowest BCUT2D eigenvalue weighted by Gasteiger charge is -2.23. The number of rotatable bonds is 5. The van der Waals surface area contributed by atoms with Crippen molar-refractivity contribution >= 4 is 11.6 Å². The number of hydrogen-bond acceptors (Lipinski definition) is 6. The van der Waals surface area contributed by atoms with Crippen LogP contribution in [0.5, 0.6) is 0 Å². The molecule has 1 N–H and O–H groups in total. The van der Waals surface area contributed by atoms with E-state index in [9.17, 15) is 0 Å².